The third-order valence-electron chi connectivity index (χ3n) is 2.67. The Morgan fingerprint density at radius 1 is 1.31 bits per heavy atom. The number of carbonyl (C=O) groups excluding carboxylic acids is 1. The van der Waals surface area contributed by atoms with Crippen LogP contribution in [-0.4, -0.2) is 19.0 Å². The van der Waals surface area contributed by atoms with Crippen molar-refractivity contribution in [1.82, 2.24) is 0 Å². The van der Waals surface area contributed by atoms with Crippen LogP contribution in [0.3, 0.4) is 0 Å². The Morgan fingerprint density at radius 3 is 2.75 bits per heavy atom. The molecular formula is C14H22O2. The fourth-order valence-corrected chi connectivity index (χ4v) is 1.71. The molecule has 1 aliphatic carbocycles. The molecular weight excluding hydrogens is 200 g/mol. The number of ketones is 1. The van der Waals surface area contributed by atoms with E-state index in [0.717, 1.165) is 25.7 Å². The van der Waals surface area contributed by atoms with Crippen molar-refractivity contribution in [1.29, 1.82) is 0 Å². The molecule has 0 N–H and O–H groups in total. The number of hydrogen-bond donors (Lipinski definition) is 0. The van der Waals surface area contributed by atoms with Crippen LogP contribution in [0.4, 0.5) is 0 Å². The molecule has 2 nitrogen and oxygen atoms in total. The Labute approximate surface area is 98.4 Å². The predicted molar refractivity (Wildman–Crippen MR) is 66.4 cm³/mol. The average Bonchev–Trinajstić information content (AvgIpc) is 2.31. The fraction of sp³-hybridized carbons (Fsp3) is 0.643. The van der Waals surface area contributed by atoms with E-state index < -0.39 is 0 Å². The third-order valence-corrected chi connectivity index (χ3v) is 2.67. The van der Waals surface area contributed by atoms with E-state index >= 15 is 0 Å². The summed E-state index contributed by atoms with van der Waals surface area (Å²) in [6.07, 6.45) is 13.5. The molecule has 0 aromatic heterocycles. The first kappa shape index (κ1) is 13.2. The normalized spacial score (nSPS) is 15.6. The van der Waals surface area contributed by atoms with Crippen LogP contribution in [0.25, 0.3) is 0 Å². The first-order chi connectivity index (χ1) is 7.83. The molecule has 0 unspecified atom stereocenters. The highest BCUT2D eigenvalue weighted by Crippen LogP contribution is 2.09. The maximum atomic E-state index is 11.4. The molecule has 1 rings (SSSR count). The Hall–Kier alpha value is -0.890. The summed E-state index contributed by atoms with van der Waals surface area (Å²) in [6, 6.07) is 0. The van der Waals surface area contributed by atoms with Crippen molar-refractivity contribution < 1.29 is 9.53 Å². The van der Waals surface area contributed by atoms with Gasteiger partial charge in [0.2, 0.25) is 0 Å². The van der Waals surface area contributed by atoms with Gasteiger partial charge in [-0.25, -0.2) is 0 Å². The number of carbonyl (C=O) groups is 1. The molecule has 0 radical (unpaired) electrons. The number of hydrogen-bond acceptors (Lipinski definition) is 2. The molecule has 0 atom stereocenters. The zero-order chi connectivity index (χ0) is 11.6. The van der Waals surface area contributed by atoms with Gasteiger partial charge in [-0.05, 0) is 12.8 Å². The van der Waals surface area contributed by atoms with Crippen LogP contribution in [0.1, 0.15) is 39.0 Å². The minimum atomic E-state index is 0.234. The predicted octanol–water partition coefficient (Wildman–Crippen LogP) is 3.28. The summed E-state index contributed by atoms with van der Waals surface area (Å²) >= 11 is 0. The van der Waals surface area contributed by atoms with Crippen molar-refractivity contribution in [2.24, 2.45) is 5.92 Å². The van der Waals surface area contributed by atoms with Gasteiger partial charge < -0.3 is 4.74 Å². The highest BCUT2D eigenvalue weighted by molar-refractivity contribution is 5.79. The van der Waals surface area contributed by atoms with E-state index in [1.54, 1.807) is 0 Å². The zero-order valence-corrected chi connectivity index (χ0v) is 10.2. The van der Waals surface area contributed by atoms with E-state index in [2.05, 4.69) is 31.2 Å². The summed E-state index contributed by atoms with van der Waals surface area (Å²) in [6.45, 7) is 3.05. The van der Waals surface area contributed by atoms with Crippen molar-refractivity contribution >= 4 is 5.78 Å². The van der Waals surface area contributed by atoms with Crippen LogP contribution in [0.2, 0.25) is 0 Å². The molecule has 0 spiro atoms. The average molecular weight is 222 g/mol. The summed E-state index contributed by atoms with van der Waals surface area (Å²) in [7, 11) is 0. The third kappa shape index (κ3) is 5.86. The van der Waals surface area contributed by atoms with E-state index in [1.807, 2.05) is 0 Å². The van der Waals surface area contributed by atoms with E-state index in [4.69, 9.17) is 4.74 Å². The largest absolute Gasteiger partial charge is 0.373 e. The molecule has 0 aromatic rings. The SMILES string of the molecule is CCCCCC(=O)COCC1C=CCC=C1. The van der Waals surface area contributed by atoms with Gasteiger partial charge in [-0.1, -0.05) is 44.1 Å². The van der Waals surface area contributed by atoms with Gasteiger partial charge in [0.25, 0.3) is 0 Å². The highest BCUT2D eigenvalue weighted by Gasteiger charge is 2.05. The van der Waals surface area contributed by atoms with Crippen LogP contribution in [-0.2, 0) is 9.53 Å². The quantitative estimate of drug-likeness (QED) is 0.465. The fourth-order valence-electron chi connectivity index (χ4n) is 1.71. The van der Waals surface area contributed by atoms with E-state index in [0.29, 0.717) is 18.9 Å². The van der Waals surface area contributed by atoms with Crippen molar-refractivity contribution in [2.75, 3.05) is 13.2 Å². The summed E-state index contributed by atoms with van der Waals surface area (Å²) < 4.78 is 5.41. The van der Waals surface area contributed by atoms with Crippen molar-refractivity contribution in [3.8, 4) is 0 Å². The Kier molecular flexibility index (Phi) is 6.82. The van der Waals surface area contributed by atoms with Crippen LogP contribution >= 0.6 is 0 Å². The van der Waals surface area contributed by atoms with Crippen molar-refractivity contribution in [3.63, 3.8) is 0 Å². The Balaban J connectivity index is 2.01. The van der Waals surface area contributed by atoms with Crippen LogP contribution < -0.4 is 0 Å². The van der Waals surface area contributed by atoms with Gasteiger partial charge in [-0.3, -0.25) is 4.79 Å². The molecule has 90 valence electrons. The maximum Gasteiger partial charge on any atom is 0.158 e. The molecule has 0 saturated heterocycles. The van der Waals surface area contributed by atoms with E-state index in [-0.39, 0.29) is 12.4 Å². The maximum absolute atomic E-state index is 11.4. The molecule has 2 heteroatoms. The molecule has 0 amide bonds. The summed E-state index contributed by atoms with van der Waals surface area (Å²) in [5.41, 5.74) is 0. The van der Waals surface area contributed by atoms with Gasteiger partial charge in [0.1, 0.15) is 6.61 Å². The molecule has 16 heavy (non-hydrogen) atoms. The number of allylic oxidation sites excluding steroid dienone is 2. The van der Waals surface area contributed by atoms with Gasteiger partial charge >= 0.3 is 0 Å². The van der Waals surface area contributed by atoms with Crippen molar-refractivity contribution in [2.45, 2.75) is 39.0 Å². The monoisotopic (exact) mass is 222 g/mol. The smallest absolute Gasteiger partial charge is 0.158 e. The first-order valence-electron chi connectivity index (χ1n) is 6.25. The number of rotatable bonds is 8. The zero-order valence-electron chi connectivity index (χ0n) is 10.2. The lowest BCUT2D eigenvalue weighted by Crippen LogP contribution is -2.13. The molecule has 1 aliphatic rings. The topological polar surface area (TPSA) is 26.3 Å². The van der Waals surface area contributed by atoms with Gasteiger partial charge in [-0.2, -0.15) is 0 Å². The molecule has 0 aromatic carbocycles. The lowest BCUT2D eigenvalue weighted by Gasteiger charge is -2.10. The van der Waals surface area contributed by atoms with E-state index in [1.165, 1.54) is 0 Å². The van der Waals surface area contributed by atoms with Crippen LogP contribution in [0.15, 0.2) is 24.3 Å². The summed E-state index contributed by atoms with van der Waals surface area (Å²) in [5.74, 6) is 0.592. The minimum Gasteiger partial charge on any atom is -0.373 e. The van der Waals surface area contributed by atoms with Crippen LogP contribution in [0.5, 0.6) is 0 Å². The van der Waals surface area contributed by atoms with Gasteiger partial charge in [0, 0.05) is 12.3 Å². The second-order valence-electron chi connectivity index (χ2n) is 4.27. The van der Waals surface area contributed by atoms with Crippen LogP contribution in [0, 0.1) is 5.92 Å². The first-order valence-corrected chi connectivity index (χ1v) is 6.25. The number of ether oxygens (including phenoxy) is 1. The second kappa shape index (κ2) is 8.28. The Morgan fingerprint density at radius 2 is 2.06 bits per heavy atom. The summed E-state index contributed by atoms with van der Waals surface area (Å²) in [4.78, 5) is 11.4. The lowest BCUT2D eigenvalue weighted by atomic mass is 10.0. The van der Waals surface area contributed by atoms with Gasteiger partial charge in [-0.15, -0.1) is 0 Å². The minimum absolute atomic E-state index is 0.234. The van der Waals surface area contributed by atoms with Gasteiger partial charge in [0.15, 0.2) is 5.78 Å². The lowest BCUT2D eigenvalue weighted by molar-refractivity contribution is -0.123. The molecule has 0 saturated carbocycles. The molecule has 0 heterocycles. The number of unbranched alkanes of at least 4 members (excludes halogenated alkanes) is 2. The summed E-state index contributed by atoms with van der Waals surface area (Å²) in [5, 5.41) is 0. The number of Topliss-reactive ketones (excluding diaryl/α,β-unsaturated/α-hetero) is 1. The molecule has 0 bridgehead atoms. The van der Waals surface area contributed by atoms with E-state index in [9.17, 15) is 4.79 Å². The highest BCUT2D eigenvalue weighted by atomic mass is 16.5. The van der Waals surface area contributed by atoms with Crippen molar-refractivity contribution in [3.05, 3.63) is 24.3 Å². The van der Waals surface area contributed by atoms with Gasteiger partial charge in [0.05, 0.1) is 6.61 Å². The standard InChI is InChI=1S/C14H22O2/c1-2-3-5-10-14(15)12-16-11-13-8-6-4-7-9-13/h6-9,13H,2-5,10-12H2,1H3. The molecule has 0 fully saturated rings. The molecule has 0 aliphatic heterocycles. The second-order valence-corrected chi connectivity index (χ2v) is 4.27. The Bertz CT molecular complexity index is 241.